The quantitative estimate of drug-likeness (QED) is 0.567. The van der Waals surface area contributed by atoms with Crippen molar-refractivity contribution in [1.82, 2.24) is 20.4 Å². The summed E-state index contributed by atoms with van der Waals surface area (Å²) in [4.78, 5) is 12.9. The van der Waals surface area contributed by atoms with E-state index in [1.54, 1.807) is 0 Å². The van der Waals surface area contributed by atoms with E-state index in [9.17, 15) is 4.79 Å². The van der Waals surface area contributed by atoms with Crippen LogP contribution in [0.4, 0.5) is 0 Å². The molecule has 2 aliphatic heterocycles. The number of benzene rings is 2. The van der Waals surface area contributed by atoms with Crippen LogP contribution in [0, 0.1) is 0 Å². The number of rotatable bonds is 4. The van der Waals surface area contributed by atoms with E-state index < -0.39 is 0 Å². The summed E-state index contributed by atoms with van der Waals surface area (Å²) >= 11 is 12.7. The van der Waals surface area contributed by atoms with Crippen molar-refractivity contribution < 1.29 is 9.53 Å². The lowest BCUT2D eigenvalue weighted by atomic mass is 10.0. The van der Waals surface area contributed by atoms with Crippen molar-refractivity contribution in [3.8, 4) is 22.7 Å². The molecule has 2 atom stereocenters. The Balaban J connectivity index is 1.62. The number of nitrogens with one attached hydrogen (secondary N) is 2. The zero-order valence-electron chi connectivity index (χ0n) is 17.5. The normalized spacial score (nSPS) is 20.3. The third kappa shape index (κ3) is 4.10. The maximum Gasteiger partial charge on any atom is 0.237 e. The molecule has 2 N–H and O–H groups in total. The number of halogens is 2. The number of fused-ring (bicyclic) bond motifs is 1. The van der Waals surface area contributed by atoms with Crippen LogP contribution < -0.4 is 15.4 Å². The Labute approximate surface area is 196 Å². The summed E-state index contributed by atoms with van der Waals surface area (Å²) in [6.07, 6.45) is 3.45. The van der Waals surface area contributed by atoms with E-state index >= 15 is 0 Å². The van der Waals surface area contributed by atoms with E-state index in [4.69, 9.17) is 33.0 Å². The van der Waals surface area contributed by atoms with Gasteiger partial charge in [0.15, 0.2) is 5.75 Å². The SMILES string of the molecule is O=C(NC1CCCOc2c1nn(-c1ccccc1Cl)c2-c1ccc(Cl)cc1)[C@@H]1CCCN1. The van der Waals surface area contributed by atoms with Crippen LogP contribution in [0.25, 0.3) is 16.9 Å². The van der Waals surface area contributed by atoms with Crippen LogP contribution in [-0.4, -0.2) is 34.9 Å². The van der Waals surface area contributed by atoms with Gasteiger partial charge in [0.1, 0.15) is 11.4 Å². The predicted octanol–water partition coefficient (Wildman–Crippen LogP) is 4.93. The van der Waals surface area contributed by atoms with Gasteiger partial charge in [-0.1, -0.05) is 47.5 Å². The number of carbonyl (C=O) groups is 1. The van der Waals surface area contributed by atoms with Crippen molar-refractivity contribution >= 4 is 29.1 Å². The van der Waals surface area contributed by atoms with E-state index in [1.807, 2.05) is 53.2 Å². The molecule has 0 spiro atoms. The fourth-order valence-electron chi connectivity index (χ4n) is 4.37. The molecule has 3 heterocycles. The fourth-order valence-corrected chi connectivity index (χ4v) is 4.71. The first kappa shape index (κ1) is 21.3. The molecule has 1 unspecified atom stereocenters. The molecule has 166 valence electrons. The Morgan fingerprint density at radius 1 is 1.09 bits per heavy atom. The Bertz CT molecular complexity index is 1120. The molecule has 1 fully saturated rings. The molecule has 32 heavy (non-hydrogen) atoms. The molecular weight excluding hydrogens is 447 g/mol. The molecule has 0 saturated carbocycles. The Hall–Kier alpha value is -2.54. The van der Waals surface area contributed by atoms with Gasteiger partial charge in [-0.3, -0.25) is 4.79 Å². The lowest BCUT2D eigenvalue weighted by Gasteiger charge is -2.18. The summed E-state index contributed by atoms with van der Waals surface area (Å²) in [6.45, 7) is 1.43. The molecule has 1 aromatic heterocycles. The number of aromatic nitrogens is 2. The number of nitrogens with zero attached hydrogens (tertiary/aromatic N) is 2. The van der Waals surface area contributed by atoms with E-state index in [-0.39, 0.29) is 18.0 Å². The zero-order valence-corrected chi connectivity index (χ0v) is 19.0. The lowest BCUT2D eigenvalue weighted by molar-refractivity contribution is -0.123. The molecule has 2 aromatic carbocycles. The molecule has 3 aromatic rings. The molecule has 1 saturated heterocycles. The van der Waals surface area contributed by atoms with Crippen LogP contribution in [-0.2, 0) is 4.79 Å². The van der Waals surface area contributed by atoms with Crippen molar-refractivity contribution in [3.05, 3.63) is 64.3 Å². The summed E-state index contributed by atoms with van der Waals surface area (Å²) < 4.78 is 8.03. The lowest BCUT2D eigenvalue weighted by Crippen LogP contribution is -2.42. The molecule has 8 heteroatoms. The van der Waals surface area contributed by atoms with Gasteiger partial charge in [-0.15, -0.1) is 0 Å². The van der Waals surface area contributed by atoms with Crippen molar-refractivity contribution in [2.45, 2.75) is 37.8 Å². The monoisotopic (exact) mass is 470 g/mol. The molecule has 1 amide bonds. The van der Waals surface area contributed by atoms with Crippen LogP contribution >= 0.6 is 23.2 Å². The summed E-state index contributed by atoms with van der Waals surface area (Å²) in [5.41, 5.74) is 3.18. The predicted molar refractivity (Wildman–Crippen MR) is 126 cm³/mol. The number of amides is 1. The molecular formula is C24H24Cl2N4O2. The Morgan fingerprint density at radius 3 is 2.66 bits per heavy atom. The maximum absolute atomic E-state index is 12.9. The number of carbonyl (C=O) groups excluding carboxylic acids is 1. The Kier molecular flexibility index (Phi) is 6.09. The van der Waals surface area contributed by atoms with Crippen LogP contribution in [0.2, 0.25) is 10.0 Å². The van der Waals surface area contributed by atoms with Gasteiger partial charge in [-0.25, -0.2) is 4.68 Å². The summed E-state index contributed by atoms with van der Waals surface area (Å²) in [6, 6.07) is 14.7. The number of hydrogen-bond acceptors (Lipinski definition) is 4. The largest absolute Gasteiger partial charge is 0.489 e. The molecule has 0 radical (unpaired) electrons. The Morgan fingerprint density at radius 2 is 1.91 bits per heavy atom. The molecule has 6 nitrogen and oxygen atoms in total. The smallest absolute Gasteiger partial charge is 0.237 e. The number of hydrogen-bond donors (Lipinski definition) is 2. The summed E-state index contributed by atoms with van der Waals surface area (Å²) in [5.74, 6) is 0.690. The van der Waals surface area contributed by atoms with Gasteiger partial charge >= 0.3 is 0 Å². The van der Waals surface area contributed by atoms with E-state index in [1.165, 1.54) is 0 Å². The van der Waals surface area contributed by atoms with Gasteiger partial charge in [0.05, 0.1) is 29.4 Å². The number of ether oxygens (including phenoxy) is 1. The highest BCUT2D eigenvalue weighted by molar-refractivity contribution is 6.32. The van der Waals surface area contributed by atoms with Gasteiger partial charge in [0.25, 0.3) is 0 Å². The van der Waals surface area contributed by atoms with Crippen molar-refractivity contribution in [1.29, 1.82) is 0 Å². The third-order valence-corrected chi connectivity index (χ3v) is 6.54. The highest BCUT2D eigenvalue weighted by Crippen LogP contribution is 2.42. The van der Waals surface area contributed by atoms with Gasteiger partial charge < -0.3 is 15.4 Å². The van der Waals surface area contributed by atoms with Crippen molar-refractivity contribution in [2.24, 2.45) is 0 Å². The average molecular weight is 471 g/mol. The zero-order chi connectivity index (χ0) is 22.1. The van der Waals surface area contributed by atoms with Crippen molar-refractivity contribution in [2.75, 3.05) is 13.2 Å². The first-order chi connectivity index (χ1) is 15.6. The topological polar surface area (TPSA) is 68.2 Å². The van der Waals surface area contributed by atoms with E-state index in [2.05, 4.69) is 10.6 Å². The standard InChI is InChI=1S/C24H24Cl2N4O2/c25-16-11-9-15(10-12-16)22-23-21(29-30(22)20-8-2-1-5-17(20)26)18(7-4-14-32-23)28-24(31)19-6-3-13-27-19/h1-2,5,8-12,18-19,27H,3-4,6-7,13-14H2,(H,28,31)/t18?,19-/m0/s1. The maximum atomic E-state index is 12.9. The van der Waals surface area contributed by atoms with Crippen LogP contribution in [0.15, 0.2) is 48.5 Å². The van der Waals surface area contributed by atoms with Crippen LogP contribution in [0.5, 0.6) is 5.75 Å². The van der Waals surface area contributed by atoms with E-state index in [0.717, 1.165) is 54.9 Å². The molecule has 5 rings (SSSR count). The van der Waals surface area contributed by atoms with Gasteiger partial charge in [0, 0.05) is 10.6 Å². The van der Waals surface area contributed by atoms with Crippen molar-refractivity contribution in [3.63, 3.8) is 0 Å². The van der Waals surface area contributed by atoms with Crippen LogP contribution in [0.3, 0.4) is 0 Å². The van der Waals surface area contributed by atoms with Gasteiger partial charge in [-0.2, -0.15) is 5.10 Å². The molecule has 0 aliphatic carbocycles. The minimum atomic E-state index is -0.239. The second kappa shape index (κ2) is 9.14. The highest BCUT2D eigenvalue weighted by atomic mass is 35.5. The second-order valence-electron chi connectivity index (χ2n) is 8.13. The summed E-state index contributed by atoms with van der Waals surface area (Å²) in [7, 11) is 0. The number of para-hydroxylation sites is 1. The minimum Gasteiger partial charge on any atom is -0.489 e. The first-order valence-electron chi connectivity index (χ1n) is 10.9. The van der Waals surface area contributed by atoms with E-state index in [0.29, 0.717) is 22.4 Å². The highest BCUT2D eigenvalue weighted by Gasteiger charge is 2.32. The second-order valence-corrected chi connectivity index (χ2v) is 8.98. The minimum absolute atomic E-state index is 0.0145. The third-order valence-electron chi connectivity index (χ3n) is 5.97. The average Bonchev–Trinajstić information content (AvgIpc) is 3.42. The summed E-state index contributed by atoms with van der Waals surface area (Å²) in [5, 5.41) is 12.7. The fraction of sp³-hybridized carbons (Fsp3) is 0.333. The molecule has 2 aliphatic rings. The first-order valence-corrected chi connectivity index (χ1v) is 11.7. The van der Waals surface area contributed by atoms with Gasteiger partial charge in [-0.05, 0) is 56.5 Å². The van der Waals surface area contributed by atoms with Crippen LogP contribution in [0.1, 0.15) is 37.4 Å². The van der Waals surface area contributed by atoms with Gasteiger partial charge in [0.2, 0.25) is 5.91 Å². The molecule has 0 bridgehead atoms.